The molecule has 2 rings (SSSR count). The van der Waals surface area contributed by atoms with E-state index in [-0.39, 0.29) is 18.2 Å². The maximum Gasteiger partial charge on any atom is 0.222 e. The fourth-order valence-corrected chi connectivity index (χ4v) is 2.14. The molecule has 0 saturated carbocycles. The largest absolute Gasteiger partial charge is 0.357 e. The van der Waals surface area contributed by atoms with Crippen molar-refractivity contribution in [2.24, 2.45) is 7.05 Å². The van der Waals surface area contributed by atoms with Gasteiger partial charge in [0.05, 0.1) is 6.54 Å². The molecule has 1 saturated heterocycles. The van der Waals surface area contributed by atoms with E-state index >= 15 is 0 Å². The van der Waals surface area contributed by atoms with Gasteiger partial charge in [0.1, 0.15) is 0 Å². The van der Waals surface area contributed by atoms with Gasteiger partial charge in [-0.05, 0) is 18.9 Å². The van der Waals surface area contributed by atoms with Gasteiger partial charge in [-0.3, -0.25) is 9.59 Å². The van der Waals surface area contributed by atoms with Crippen molar-refractivity contribution in [1.82, 2.24) is 9.47 Å². The summed E-state index contributed by atoms with van der Waals surface area (Å²) in [6.07, 6.45) is 7.27. The summed E-state index contributed by atoms with van der Waals surface area (Å²) >= 11 is 0. The molecule has 2 heterocycles. The molecule has 0 N–H and O–H groups in total. The molecule has 0 aliphatic carbocycles. The molecular weight excluding hydrogens is 216 g/mol. The van der Waals surface area contributed by atoms with Gasteiger partial charge in [-0.25, -0.2) is 0 Å². The lowest BCUT2D eigenvalue weighted by Gasteiger charge is -2.19. The molecule has 4 nitrogen and oxygen atoms in total. The Labute approximate surface area is 101 Å². The van der Waals surface area contributed by atoms with Crippen LogP contribution in [0.1, 0.15) is 36.0 Å². The zero-order chi connectivity index (χ0) is 12.3. The molecule has 0 spiro atoms. The molecule has 1 aliphatic rings. The fraction of sp³-hybridized carbons (Fsp3) is 0.538. The third-order valence-electron chi connectivity index (χ3n) is 3.16. The molecule has 4 heteroatoms. The van der Waals surface area contributed by atoms with Crippen molar-refractivity contribution in [2.75, 3.05) is 13.1 Å². The number of ketones is 1. The van der Waals surface area contributed by atoms with Gasteiger partial charge in [0.25, 0.3) is 0 Å². The van der Waals surface area contributed by atoms with Crippen LogP contribution in [0, 0.1) is 0 Å². The number of Topliss-reactive ketones (excluding diaryl/α,β-unsaturated/α-hetero) is 1. The van der Waals surface area contributed by atoms with Crippen LogP contribution in [0.5, 0.6) is 0 Å². The van der Waals surface area contributed by atoms with Crippen LogP contribution in [0.25, 0.3) is 0 Å². The molecule has 17 heavy (non-hydrogen) atoms. The minimum atomic E-state index is 0.0286. The summed E-state index contributed by atoms with van der Waals surface area (Å²) in [6, 6.07) is 1.80. The molecule has 1 aromatic rings. The number of rotatable bonds is 3. The monoisotopic (exact) mass is 234 g/mol. The number of likely N-dealkylation sites (tertiary alicyclic amines) is 1. The SMILES string of the molecule is Cn1ccc(C(=O)CN2CCCCCC2=O)c1. The number of aryl methyl sites for hydroxylation is 1. The number of carbonyl (C=O) groups is 2. The summed E-state index contributed by atoms with van der Waals surface area (Å²) in [4.78, 5) is 25.4. The van der Waals surface area contributed by atoms with Gasteiger partial charge in [-0.1, -0.05) is 6.42 Å². The Balaban J connectivity index is 1.99. The second-order valence-corrected chi connectivity index (χ2v) is 4.61. The molecule has 0 radical (unpaired) electrons. The third kappa shape index (κ3) is 2.96. The second-order valence-electron chi connectivity index (χ2n) is 4.61. The first-order chi connectivity index (χ1) is 8.16. The van der Waals surface area contributed by atoms with Crippen molar-refractivity contribution < 1.29 is 9.59 Å². The molecule has 1 aromatic heterocycles. The van der Waals surface area contributed by atoms with Crippen molar-refractivity contribution in [1.29, 1.82) is 0 Å². The molecule has 0 unspecified atom stereocenters. The van der Waals surface area contributed by atoms with Crippen molar-refractivity contribution in [3.8, 4) is 0 Å². The molecule has 0 bridgehead atoms. The van der Waals surface area contributed by atoms with Crippen molar-refractivity contribution in [2.45, 2.75) is 25.7 Å². The first-order valence-corrected chi connectivity index (χ1v) is 6.10. The average Bonchev–Trinajstić information content (AvgIpc) is 2.63. The van der Waals surface area contributed by atoms with Crippen molar-refractivity contribution >= 4 is 11.7 Å². The maximum atomic E-state index is 12.0. The van der Waals surface area contributed by atoms with E-state index in [1.807, 2.05) is 17.8 Å². The summed E-state index contributed by atoms with van der Waals surface area (Å²) in [5.74, 6) is 0.146. The topological polar surface area (TPSA) is 42.3 Å². The van der Waals surface area contributed by atoms with Gasteiger partial charge in [-0.15, -0.1) is 0 Å². The number of nitrogens with zero attached hydrogens (tertiary/aromatic N) is 2. The van der Waals surface area contributed by atoms with Crippen molar-refractivity contribution in [3.63, 3.8) is 0 Å². The normalized spacial score (nSPS) is 17.0. The molecule has 0 atom stereocenters. The van der Waals surface area contributed by atoms with Crippen LogP contribution in [0.4, 0.5) is 0 Å². The van der Waals surface area contributed by atoms with Crippen LogP contribution < -0.4 is 0 Å². The zero-order valence-electron chi connectivity index (χ0n) is 10.2. The summed E-state index contributed by atoms with van der Waals surface area (Å²) in [7, 11) is 1.88. The molecule has 1 amide bonds. The molecular formula is C13H18N2O2. The van der Waals surface area contributed by atoms with E-state index in [9.17, 15) is 9.59 Å². The van der Waals surface area contributed by atoms with Crippen molar-refractivity contribution in [3.05, 3.63) is 24.0 Å². The number of hydrogen-bond acceptors (Lipinski definition) is 2. The van der Waals surface area contributed by atoms with Crippen LogP contribution in [0.15, 0.2) is 18.5 Å². The quantitative estimate of drug-likeness (QED) is 0.746. The highest BCUT2D eigenvalue weighted by molar-refractivity contribution is 5.99. The second kappa shape index (κ2) is 5.17. The van der Waals surface area contributed by atoms with Crippen LogP contribution in [-0.2, 0) is 11.8 Å². The molecule has 92 valence electrons. The summed E-state index contributed by atoms with van der Waals surface area (Å²) in [5, 5.41) is 0. The van der Waals surface area contributed by atoms with E-state index < -0.39 is 0 Å². The predicted molar refractivity (Wildman–Crippen MR) is 64.8 cm³/mol. The lowest BCUT2D eigenvalue weighted by Crippen LogP contribution is -2.35. The Morgan fingerprint density at radius 3 is 2.88 bits per heavy atom. The highest BCUT2D eigenvalue weighted by Gasteiger charge is 2.20. The van der Waals surface area contributed by atoms with Gasteiger partial charge in [0, 0.05) is 38.0 Å². The summed E-state index contributed by atoms with van der Waals surface area (Å²) in [5.41, 5.74) is 0.685. The van der Waals surface area contributed by atoms with Gasteiger partial charge in [-0.2, -0.15) is 0 Å². The Kier molecular flexibility index (Phi) is 3.61. The van der Waals surface area contributed by atoms with Gasteiger partial charge in [0.15, 0.2) is 5.78 Å². The van der Waals surface area contributed by atoms with E-state index in [2.05, 4.69) is 0 Å². The lowest BCUT2D eigenvalue weighted by molar-refractivity contribution is -0.130. The van der Waals surface area contributed by atoms with Gasteiger partial charge >= 0.3 is 0 Å². The van der Waals surface area contributed by atoms with Crippen LogP contribution in [0.2, 0.25) is 0 Å². The zero-order valence-corrected chi connectivity index (χ0v) is 10.2. The molecule has 0 aromatic carbocycles. The van der Waals surface area contributed by atoms with E-state index in [0.717, 1.165) is 25.8 Å². The number of amides is 1. The Morgan fingerprint density at radius 1 is 1.35 bits per heavy atom. The Morgan fingerprint density at radius 2 is 2.18 bits per heavy atom. The van der Waals surface area contributed by atoms with E-state index in [1.165, 1.54) is 0 Å². The highest BCUT2D eigenvalue weighted by Crippen LogP contribution is 2.12. The predicted octanol–water partition coefficient (Wildman–Crippen LogP) is 1.61. The Bertz CT molecular complexity index is 423. The number of carbonyl (C=O) groups excluding carboxylic acids is 2. The van der Waals surface area contributed by atoms with E-state index in [1.54, 1.807) is 17.2 Å². The summed E-state index contributed by atoms with van der Waals surface area (Å²) < 4.78 is 1.84. The maximum absolute atomic E-state index is 12.0. The standard InChI is InChI=1S/C13H18N2O2/c1-14-8-6-11(9-14)12(16)10-15-7-4-2-3-5-13(15)17/h6,8-9H,2-5,7,10H2,1H3. The van der Waals surface area contributed by atoms with E-state index in [0.29, 0.717) is 12.0 Å². The average molecular weight is 234 g/mol. The van der Waals surface area contributed by atoms with Crippen LogP contribution in [0.3, 0.4) is 0 Å². The molecule has 1 aliphatic heterocycles. The minimum Gasteiger partial charge on any atom is -0.357 e. The Hall–Kier alpha value is -1.58. The first-order valence-electron chi connectivity index (χ1n) is 6.10. The fourth-order valence-electron chi connectivity index (χ4n) is 2.14. The third-order valence-corrected chi connectivity index (χ3v) is 3.16. The highest BCUT2D eigenvalue weighted by atomic mass is 16.2. The smallest absolute Gasteiger partial charge is 0.222 e. The number of aromatic nitrogens is 1. The lowest BCUT2D eigenvalue weighted by atomic mass is 10.2. The van der Waals surface area contributed by atoms with Gasteiger partial charge in [0.2, 0.25) is 5.91 Å². The van der Waals surface area contributed by atoms with E-state index in [4.69, 9.17) is 0 Å². The minimum absolute atomic E-state index is 0.0286. The summed E-state index contributed by atoms with van der Waals surface area (Å²) in [6.45, 7) is 0.945. The van der Waals surface area contributed by atoms with Crippen LogP contribution >= 0.6 is 0 Å². The van der Waals surface area contributed by atoms with Gasteiger partial charge < -0.3 is 9.47 Å². The molecule has 1 fully saturated rings. The van der Waals surface area contributed by atoms with Crippen LogP contribution in [-0.4, -0.2) is 34.2 Å². The number of hydrogen-bond donors (Lipinski definition) is 0. The first kappa shape index (κ1) is 11.9.